The summed E-state index contributed by atoms with van der Waals surface area (Å²) in [6.07, 6.45) is 6.07. The van der Waals surface area contributed by atoms with Crippen LogP contribution in [0.1, 0.15) is 20.8 Å². The van der Waals surface area contributed by atoms with Crippen molar-refractivity contribution < 1.29 is 0 Å². The van der Waals surface area contributed by atoms with Gasteiger partial charge in [-0.25, -0.2) is 0 Å². The third-order valence-corrected chi connectivity index (χ3v) is 1.35. The number of hydrogen-bond acceptors (Lipinski definition) is 0. The zero-order valence-electron chi connectivity index (χ0n) is 7.65. The maximum atomic E-state index is 3.86. The maximum Gasteiger partial charge on any atom is -0.0276 e. The predicted molar refractivity (Wildman–Crippen MR) is 52.5 cm³/mol. The van der Waals surface area contributed by atoms with E-state index in [9.17, 15) is 0 Å². The van der Waals surface area contributed by atoms with E-state index in [0.29, 0.717) is 0 Å². The summed E-state index contributed by atoms with van der Waals surface area (Å²) in [5.74, 6) is 0. The Kier molecular flexibility index (Phi) is 4.28. The molecule has 0 saturated heterocycles. The summed E-state index contributed by atoms with van der Waals surface area (Å²) in [6, 6.07) is 0. The Hall–Kier alpha value is -1.04. The molecule has 0 rings (SSSR count). The van der Waals surface area contributed by atoms with Gasteiger partial charge in [-0.1, -0.05) is 42.5 Å². The molecule has 0 heteroatoms. The highest BCUT2D eigenvalue weighted by atomic mass is 13.9. The maximum absolute atomic E-state index is 3.86. The topological polar surface area (TPSA) is 0 Å². The Morgan fingerprint density at radius 3 is 1.91 bits per heavy atom. The van der Waals surface area contributed by atoms with Gasteiger partial charge >= 0.3 is 0 Å². The van der Waals surface area contributed by atoms with Gasteiger partial charge in [0.2, 0.25) is 0 Å². The lowest BCUT2D eigenvalue weighted by molar-refractivity contribution is 1.41. The highest BCUT2D eigenvalue weighted by Crippen LogP contribution is 2.08. The monoisotopic (exact) mass is 148 g/mol. The third kappa shape index (κ3) is 4.38. The van der Waals surface area contributed by atoms with Crippen molar-refractivity contribution in [1.29, 1.82) is 0 Å². The van der Waals surface area contributed by atoms with Crippen molar-refractivity contribution in [2.45, 2.75) is 20.8 Å². The molecule has 0 radical (unpaired) electrons. The summed E-state index contributed by atoms with van der Waals surface area (Å²) in [6.45, 7) is 13.6. The van der Waals surface area contributed by atoms with Gasteiger partial charge in [-0.05, 0) is 26.3 Å². The zero-order valence-corrected chi connectivity index (χ0v) is 7.65. The second-order valence-corrected chi connectivity index (χ2v) is 2.70. The summed E-state index contributed by atoms with van der Waals surface area (Å²) in [5.41, 5.74) is 3.32. The largest absolute Gasteiger partial charge is 0.0961 e. The molecule has 0 aliphatic rings. The first kappa shape index (κ1) is 9.96. The molecule has 11 heavy (non-hydrogen) atoms. The molecule has 0 atom stereocenters. The van der Waals surface area contributed by atoms with E-state index in [2.05, 4.69) is 13.2 Å². The van der Waals surface area contributed by atoms with Gasteiger partial charge in [-0.15, -0.1) is 0 Å². The van der Waals surface area contributed by atoms with Crippen molar-refractivity contribution in [1.82, 2.24) is 0 Å². The first-order chi connectivity index (χ1) is 5.07. The summed E-state index contributed by atoms with van der Waals surface area (Å²) in [4.78, 5) is 0. The molecule has 0 nitrogen and oxygen atoms in total. The normalized spacial score (nSPS) is 12.1. The number of rotatable bonds is 3. The minimum atomic E-state index is 1.06. The van der Waals surface area contributed by atoms with Crippen LogP contribution in [0.2, 0.25) is 0 Å². The van der Waals surface area contributed by atoms with Crippen molar-refractivity contribution in [3.8, 4) is 0 Å². The molecule has 0 aromatic carbocycles. The highest BCUT2D eigenvalue weighted by molar-refractivity contribution is 5.38. The molecule has 0 aliphatic heterocycles. The van der Waals surface area contributed by atoms with Crippen LogP contribution in [-0.4, -0.2) is 0 Å². The van der Waals surface area contributed by atoms with Crippen LogP contribution < -0.4 is 0 Å². The quantitative estimate of drug-likeness (QED) is 0.536. The highest BCUT2D eigenvalue weighted by Gasteiger charge is 1.88. The van der Waals surface area contributed by atoms with Crippen LogP contribution in [0.3, 0.4) is 0 Å². The minimum absolute atomic E-state index is 1.06. The molecule has 0 aromatic heterocycles. The van der Waals surface area contributed by atoms with Gasteiger partial charge < -0.3 is 0 Å². The number of allylic oxidation sites excluding steroid dienone is 6. The van der Waals surface area contributed by atoms with Crippen LogP contribution in [0, 0.1) is 0 Å². The molecule has 0 aromatic rings. The smallest absolute Gasteiger partial charge is 0.0276 e. The molecule has 0 fully saturated rings. The molecule has 0 amide bonds. The van der Waals surface area contributed by atoms with E-state index in [-0.39, 0.29) is 0 Å². The van der Waals surface area contributed by atoms with Gasteiger partial charge in [-0.3, -0.25) is 0 Å². The van der Waals surface area contributed by atoms with Crippen LogP contribution in [-0.2, 0) is 0 Å². The Morgan fingerprint density at radius 1 is 1.09 bits per heavy atom. The van der Waals surface area contributed by atoms with Crippen LogP contribution in [0.15, 0.2) is 48.1 Å². The molecule has 0 spiro atoms. The lowest BCUT2D eigenvalue weighted by atomic mass is 10.1. The van der Waals surface area contributed by atoms with Crippen LogP contribution in [0.5, 0.6) is 0 Å². The second kappa shape index (κ2) is 4.73. The fraction of sp³-hybridized carbons (Fsp3) is 0.273. The van der Waals surface area contributed by atoms with Gasteiger partial charge in [0.25, 0.3) is 0 Å². The first-order valence-corrected chi connectivity index (χ1v) is 3.73. The van der Waals surface area contributed by atoms with Gasteiger partial charge in [-0.2, -0.15) is 0 Å². The van der Waals surface area contributed by atoms with Gasteiger partial charge in [0.1, 0.15) is 0 Å². The van der Waals surface area contributed by atoms with E-state index in [1.807, 2.05) is 39.0 Å². The molecule has 0 unspecified atom stereocenters. The van der Waals surface area contributed by atoms with E-state index in [1.165, 1.54) is 5.57 Å². The van der Waals surface area contributed by atoms with E-state index in [4.69, 9.17) is 0 Å². The zero-order chi connectivity index (χ0) is 8.85. The van der Waals surface area contributed by atoms with Crippen molar-refractivity contribution >= 4 is 0 Å². The Balaban J connectivity index is 4.34. The summed E-state index contributed by atoms with van der Waals surface area (Å²) in [7, 11) is 0. The first-order valence-electron chi connectivity index (χ1n) is 3.73. The van der Waals surface area contributed by atoms with E-state index in [1.54, 1.807) is 0 Å². The van der Waals surface area contributed by atoms with Crippen molar-refractivity contribution in [3.63, 3.8) is 0 Å². The number of hydrogen-bond donors (Lipinski definition) is 0. The molecule has 0 saturated carbocycles. The van der Waals surface area contributed by atoms with Gasteiger partial charge in [0.05, 0.1) is 0 Å². The summed E-state index contributed by atoms with van der Waals surface area (Å²) in [5, 5.41) is 0. The van der Waals surface area contributed by atoms with Crippen LogP contribution >= 0.6 is 0 Å². The summed E-state index contributed by atoms with van der Waals surface area (Å²) < 4.78 is 0. The van der Waals surface area contributed by atoms with Gasteiger partial charge in [0, 0.05) is 0 Å². The fourth-order valence-electron chi connectivity index (χ4n) is 0.717. The SMILES string of the molecule is C=C(C)C=CC(=CC)C(=C)C. The minimum Gasteiger partial charge on any atom is -0.0961 e. The van der Waals surface area contributed by atoms with Gasteiger partial charge in [0.15, 0.2) is 0 Å². The molecule has 60 valence electrons. The average Bonchev–Trinajstić information content (AvgIpc) is 1.87. The summed E-state index contributed by atoms with van der Waals surface area (Å²) >= 11 is 0. The Bertz CT molecular complexity index is 214. The molecule has 0 bridgehead atoms. The Labute approximate surface area is 69.6 Å². The molecular formula is C11H16. The van der Waals surface area contributed by atoms with Crippen molar-refractivity contribution in [3.05, 3.63) is 48.1 Å². The predicted octanol–water partition coefficient (Wildman–Crippen LogP) is 3.64. The second-order valence-electron chi connectivity index (χ2n) is 2.70. The third-order valence-electron chi connectivity index (χ3n) is 1.35. The molecule has 0 heterocycles. The fourth-order valence-corrected chi connectivity index (χ4v) is 0.717. The lowest BCUT2D eigenvalue weighted by Crippen LogP contribution is -1.77. The van der Waals surface area contributed by atoms with Crippen molar-refractivity contribution in [2.24, 2.45) is 0 Å². The van der Waals surface area contributed by atoms with Crippen molar-refractivity contribution in [2.75, 3.05) is 0 Å². The van der Waals surface area contributed by atoms with E-state index < -0.39 is 0 Å². The van der Waals surface area contributed by atoms with E-state index in [0.717, 1.165) is 11.1 Å². The van der Waals surface area contributed by atoms with E-state index >= 15 is 0 Å². The molecule has 0 N–H and O–H groups in total. The molecule has 0 aliphatic carbocycles. The van der Waals surface area contributed by atoms with Crippen LogP contribution in [0.4, 0.5) is 0 Å². The molecular weight excluding hydrogens is 132 g/mol. The lowest BCUT2D eigenvalue weighted by Gasteiger charge is -1.97. The Morgan fingerprint density at radius 2 is 1.64 bits per heavy atom. The average molecular weight is 148 g/mol. The van der Waals surface area contributed by atoms with Crippen LogP contribution in [0.25, 0.3) is 0 Å². The standard InChI is InChI=1S/C11H16/c1-6-11(10(4)5)8-7-9(2)3/h6-8H,2,4H2,1,3,5H3.